The van der Waals surface area contributed by atoms with Crippen molar-refractivity contribution in [2.24, 2.45) is 7.05 Å². The fourth-order valence-corrected chi connectivity index (χ4v) is 3.05. The van der Waals surface area contributed by atoms with Gasteiger partial charge in [-0.15, -0.1) is 0 Å². The zero-order valence-electron chi connectivity index (χ0n) is 14.3. The van der Waals surface area contributed by atoms with Crippen LogP contribution in [0.5, 0.6) is 0 Å². The fourth-order valence-electron chi connectivity index (χ4n) is 3.05. The lowest BCUT2D eigenvalue weighted by atomic mass is 9.96. The van der Waals surface area contributed by atoms with Gasteiger partial charge in [0, 0.05) is 24.1 Å². The van der Waals surface area contributed by atoms with E-state index in [0.717, 1.165) is 16.5 Å². The van der Waals surface area contributed by atoms with Crippen LogP contribution in [0.2, 0.25) is 0 Å². The third-order valence-corrected chi connectivity index (χ3v) is 4.37. The van der Waals surface area contributed by atoms with Gasteiger partial charge >= 0.3 is 0 Å². The van der Waals surface area contributed by atoms with E-state index in [1.807, 2.05) is 73.1 Å². The van der Waals surface area contributed by atoms with E-state index in [2.05, 4.69) is 10.9 Å². The number of fused-ring (bicyclic) bond motifs is 1. The minimum Gasteiger partial charge on any atom is -0.350 e. The molecule has 3 rings (SSSR count). The molecule has 0 aliphatic heterocycles. The molecule has 0 bridgehead atoms. The molecule has 0 fully saturated rings. The molecule has 3 aromatic rings. The number of carbonyl (C=O) groups is 2. The van der Waals surface area contributed by atoms with Crippen LogP contribution in [0.25, 0.3) is 10.9 Å². The average Bonchev–Trinajstić information content (AvgIpc) is 2.98. The minimum atomic E-state index is -0.326. The number of para-hydroxylation sites is 1. The number of aromatic nitrogens is 1. The Bertz CT molecular complexity index is 900. The molecule has 0 aliphatic rings. The first-order valence-corrected chi connectivity index (χ1v) is 8.31. The quantitative estimate of drug-likeness (QED) is 0.720. The van der Waals surface area contributed by atoms with Crippen LogP contribution in [0.15, 0.2) is 60.8 Å². The number of aryl methyl sites for hydroxylation is 1. The predicted octanol–water partition coefficient (Wildman–Crippen LogP) is 3.13. The molecule has 1 atom stereocenters. The second-order valence-corrected chi connectivity index (χ2v) is 5.99. The van der Waals surface area contributed by atoms with Crippen LogP contribution >= 0.6 is 0 Å². The van der Waals surface area contributed by atoms with Crippen molar-refractivity contribution < 1.29 is 9.59 Å². The van der Waals surface area contributed by atoms with Crippen molar-refractivity contribution >= 4 is 22.7 Å². The third kappa shape index (κ3) is 3.40. The van der Waals surface area contributed by atoms with Crippen LogP contribution in [0, 0.1) is 0 Å². The summed E-state index contributed by atoms with van der Waals surface area (Å²) < 4.78 is 1.89. The van der Waals surface area contributed by atoms with Crippen LogP contribution in [0.4, 0.5) is 0 Å². The smallest absolute Gasteiger partial charge is 0.271 e. The second-order valence-electron chi connectivity index (χ2n) is 5.99. The molecule has 128 valence electrons. The lowest BCUT2D eigenvalue weighted by Crippen LogP contribution is -2.43. The zero-order valence-corrected chi connectivity index (χ0v) is 14.3. The number of amides is 2. The van der Waals surface area contributed by atoms with Crippen molar-refractivity contribution in [3.8, 4) is 0 Å². The number of nitrogens with one attached hydrogen (secondary N) is 2. The molecule has 1 aromatic heterocycles. The first-order valence-electron chi connectivity index (χ1n) is 8.31. The SMILES string of the molecule is CCC(C(=O)NNC(=O)c1cn(C)c2ccccc12)c1ccccc1. The van der Waals surface area contributed by atoms with Gasteiger partial charge in [0.05, 0.1) is 11.5 Å². The molecule has 0 radical (unpaired) electrons. The van der Waals surface area contributed by atoms with Crippen molar-refractivity contribution in [1.29, 1.82) is 0 Å². The Hall–Kier alpha value is -3.08. The summed E-state index contributed by atoms with van der Waals surface area (Å²) >= 11 is 0. The fraction of sp³-hybridized carbons (Fsp3) is 0.200. The lowest BCUT2D eigenvalue weighted by molar-refractivity contribution is -0.123. The number of hydrogen-bond acceptors (Lipinski definition) is 2. The van der Waals surface area contributed by atoms with Crippen LogP contribution in [-0.4, -0.2) is 16.4 Å². The summed E-state index contributed by atoms with van der Waals surface area (Å²) in [5.74, 6) is -0.843. The topological polar surface area (TPSA) is 63.1 Å². The highest BCUT2D eigenvalue weighted by Gasteiger charge is 2.20. The van der Waals surface area contributed by atoms with Crippen molar-refractivity contribution in [1.82, 2.24) is 15.4 Å². The molecule has 5 nitrogen and oxygen atoms in total. The van der Waals surface area contributed by atoms with Crippen molar-refractivity contribution in [2.75, 3.05) is 0 Å². The molecule has 1 unspecified atom stereocenters. The van der Waals surface area contributed by atoms with Crippen molar-refractivity contribution in [3.05, 3.63) is 71.9 Å². The van der Waals surface area contributed by atoms with Crippen LogP contribution in [-0.2, 0) is 11.8 Å². The summed E-state index contributed by atoms with van der Waals surface area (Å²) in [6.45, 7) is 1.95. The van der Waals surface area contributed by atoms with Gasteiger partial charge in [-0.25, -0.2) is 0 Å². The van der Waals surface area contributed by atoms with Gasteiger partial charge in [-0.2, -0.15) is 0 Å². The first kappa shape index (κ1) is 16.8. The van der Waals surface area contributed by atoms with Crippen LogP contribution in [0.1, 0.15) is 35.2 Å². The van der Waals surface area contributed by atoms with Gasteiger partial charge in [-0.3, -0.25) is 20.4 Å². The molecule has 0 saturated carbocycles. The van der Waals surface area contributed by atoms with E-state index in [9.17, 15) is 9.59 Å². The van der Waals surface area contributed by atoms with Gasteiger partial charge in [0.2, 0.25) is 5.91 Å². The zero-order chi connectivity index (χ0) is 17.8. The molecule has 1 heterocycles. The lowest BCUT2D eigenvalue weighted by Gasteiger charge is -2.15. The summed E-state index contributed by atoms with van der Waals surface area (Å²) in [6.07, 6.45) is 2.42. The number of rotatable bonds is 4. The molecular weight excluding hydrogens is 314 g/mol. The molecular formula is C20H21N3O2. The van der Waals surface area contributed by atoms with Crippen LogP contribution in [0.3, 0.4) is 0 Å². The highest BCUT2D eigenvalue weighted by atomic mass is 16.2. The van der Waals surface area contributed by atoms with Crippen molar-refractivity contribution in [3.63, 3.8) is 0 Å². The van der Waals surface area contributed by atoms with E-state index >= 15 is 0 Å². The highest BCUT2D eigenvalue weighted by Crippen LogP contribution is 2.21. The van der Waals surface area contributed by atoms with E-state index in [4.69, 9.17) is 0 Å². The van der Waals surface area contributed by atoms with Gasteiger partial charge in [-0.1, -0.05) is 55.5 Å². The third-order valence-electron chi connectivity index (χ3n) is 4.37. The van der Waals surface area contributed by atoms with Gasteiger partial charge in [0.25, 0.3) is 5.91 Å². The van der Waals surface area contributed by atoms with E-state index in [-0.39, 0.29) is 17.7 Å². The molecule has 2 amide bonds. The Morgan fingerprint density at radius 2 is 1.68 bits per heavy atom. The maximum atomic E-state index is 12.5. The van der Waals surface area contributed by atoms with E-state index in [1.54, 1.807) is 6.20 Å². The van der Waals surface area contributed by atoms with Crippen molar-refractivity contribution in [2.45, 2.75) is 19.3 Å². The Morgan fingerprint density at radius 1 is 1.00 bits per heavy atom. The Balaban J connectivity index is 1.72. The van der Waals surface area contributed by atoms with Gasteiger partial charge < -0.3 is 4.57 Å². The van der Waals surface area contributed by atoms with E-state index in [1.165, 1.54) is 0 Å². The maximum Gasteiger partial charge on any atom is 0.271 e. The standard InChI is InChI=1S/C20H21N3O2/c1-3-15(14-9-5-4-6-10-14)19(24)21-22-20(25)17-13-23(2)18-12-8-7-11-16(17)18/h4-13,15H,3H2,1-2H3,(H,21,24)(H,22,25). The monoisotopic (exact) mass is 335 g/mol. The largest absolute Gasteiger partial charge is 0.350 e. The van der Waals surface area contributed by atoms with Gasteiger partial charge in [-0.05, 0) is 18.1 Å². The van der Waals surface area contributed by atoms with E-state index < -0.39 is 0 Å². The highest BCUT2D eigenvalue weighted by molar-refractivity contribution is 6.07. The number of hydrazine groups is 1. The number of benzene rings is 2. The molecule has 2 N–H and O–H groups in total. The number of carbonyl (C=O) groups excluding carboxylic acids is 2. The summed E-state index contributed by atoms with van der Waals surface area (Å²) in [5.41, 5.74) is 7.53. The molecule has 25 heavy (non-hydrogen) atoms. The Labute approximate surface area is 146 Å². The first-order chi connectivity index (χ1) is 12.1. The molecule has 0 spiro atoms. The summed E-state index contributed by atoms with van der Waals surface area (Å²) in [6, 6.07) is 17.2. The van der Waals surface area contributed by atoms with Gasteiger partial charge in [0.1, 0.15) is 0 Å². The average molecular weight is 335 g/mol. The van der Waals surface area contributed by atoms with Gasteiger partial charge in [0.15, 0.2) is 0 Å². The number of hydrogen-bond donors (Lipinski definition) is 2. The summed E-state index contributed by atoms with van der Waals surface area (Å²) in [7, 11) is 1.89. The molecule has 5 heteroatoms. The van der Waals surface area contributed by atoms with E-state index in [0.29, 0.717) is 12.0 Å². The summed E-state index contributed by atoms with van der Waals surface area (Å²) in [5, 5.41) is 0.854. The van der Waals surface area contributed by atoms with Crippen LogP contribution < -0.4 is 10.9 Å². The predicted molar refractivity (Wildman–Crippen MR) is 98.0 cm³/mol. The number of nitrogens with zero attached hydrogens (tertiary/aromatic N) is 1. The Morgan fingerprint density at radius 3 is 2.40 bits per heavy atom. The maximum absolute atomic E-state index is 12.5. The Kier molecular flexibility index (Phi) is 4.84. The molecule has 0 aliphatic carbocycles. The molecule has 2 aromatic carbocycles. The minimum absolute atomic E-state index is 0.220. The summed E-state index contributed by atoms with van der Waals surface area (Å²) in [4.78, 5) is 24.9. The normalized spacial score (nSPS) is 11.9. The second kappa shape index (κ2) is 7.21. The molecule has 0 saturated heterocycles.